The van der Waals surface area contributed by atoms with Gasteiger partial charge >= 0.3 is 5.97 Å². The zero-order chi connectivity index (χ0) is 24.7. The predicted molar refractivity (Wildman–Crippen MR) is 132 cm³/mol. The molecule has 5 rings (SSSR count). The number of ether oxygens (including phenoxy) is 2. The first-order chi connectivity index (χ1) is 16.9. The Morgan fingerprint density at radius 1 is 1.20 bits per heavy atom. The minimum Gasteiger partial charge on any atom is -0.484 e. The Labute approximate surface area is 209 Å². The van der Waals surface area contributed by atoms with Crippen molar-refractivity contribution in [1.82, 2.24) is 15.0 Å². The van der Waals surface area contributed by atoms with Crippen LogP contribution in [0.25, 0.3) is 11.3 Å². The first kappa shape index (κ1) is 23.5. The molecule has 35 heavy (non-hydrogen) atoms. The van der Waals surface area contributed by atoms with Crippen LogP contribution in [0.2, 0.25) is 5.02 Å². The summed E-state index contributed by atoms with van der Waals surface area (Å²) in [5, 5.41) is 10.1. The van der Waals surface area contributed by atoms with Gasteiger partial charge in [-0.05, 0) is 61.6 Å². The highest BCUT2D eigenvalue weighted by Crippen LogP contribution is 2.48. The number of fused-ring (bicyclic) bond motifs is 1. The van der Waals surface area contributed by atoms with E-state index in [1.807, 2.05) is 13.0 Å². The summed E-state index contributed by atoms with van der Waals surface area (Å²) < 4.78 is 11.6. The maximum atomic E-state index is 11.7. The largest absolute Gasteiger partial charge is 0.484 e. The van der Waals surface area contributed by atoms with Crippen molar-refractivity contribution in [3.05, 3.63) is 64.2 Å². The third kappa shape index (κ3) is 4.69. The summed E-state index contributed by atoms with van der Waals surface area (Å²) in [4.78, 5) is 25.3. The molecule has 0 bridgehead atoms. The highest BCUT2D eigenvalue weighted by molar-refractivity contribution is 6.33. The molecule has 1 aromatic carbocycles. The molecular formula is C27H28ClN3O4. The molecule has 7 nitrogen and oxygen atoms in total. The van der Waals surface area contributed by atoms with Gasteiger partial charge in [-0.25, -0.2) is 9.97 Å². The van der Waals surface area contributed by atoms with Crippen LogP contribution >= 0.6 is 11.6 Å². The summed E-state index contributed by atoms with van der Waals surface area (Å²) in [6.07, 6.45) is 6.84. The van der Waals surface area contributed by atoms with E-state index in [-0.39, 0.29) is 12.0 Å². The van der Waals surface area contributed by atoms with Gasteiger partial charge in [0.1, 0.15) is 17.5 Å². The number of benzene rings is 1. The summed E-state index contributed by atoms with van der Waals surface area (Å²) in [5.74, 6) is 0.518. The van der Waals surface area contributed by atoms with Crippen molar-refractivity contribution in [3.63, 3.8) is 0 Å². The molecule has 1 aliphatic heterocycles. The lowest BCUT2D eigenvalue weighted by molar-refractivity contribution is -0.142. The molecule has 0 radical (unpaired) electrons. The van der Waals surface area contributed by atoms with Crippen LogP contribution in [-0.2, 0) is 11.2 Å². The molecule has 3 heterocycles. The molecular weight excluding hydrogens is 466 g/mol. The normalized spacial score (nSPS) is 18.8. The molecule has 3 aromatic rings. The first-order valence-corrected chi connectivity index (χ1v) is 12.3. The van der Waals surface area contributed by atoms with Crippen molar-refractivity contribution in [1.29, 1.82) is 0 Å². The van der Waals surface area contributed by atoms with Gasteiger partial charge in [0, 0.05) is 11.6 Å². The average molecular weight is 494 g/mol. The Morgan fingerprint density at radius 2 is 2.00 bits per heavy atom. The number of nitrogens with zero attached hydrogens (tertiary/aromatic N) is 3. The van der Waals surface area contributed by atoms with E-state index in [4.69, 9.17) is 31.0 Å². The van der Waals surface area contributed by atoms with E-state index in [1.165, 1.54) is 0 Å². The minimum atomic E-state index is -0.753. The fourth-order valence-electron chi connectivity index (χ4n) is 5.03. The zero-order valence-corrected chi connectivity index (χ0v) is 20.7. The summed E-state index contributed by atoms with van der Waals surface area (Å²) in [6.45, 7) is 3.73. The molecule has 2 aliphatic rings. The smallest absolute Gasteiger partial charge is 0.306 e. The van der Waals surface area contributed by atoms with E-state index in [1.54, 1.807) is 32.5 Å². The third-order valence-corrected chi connectivity index (χ3v) is 7.39. The highest BCUT2D eigenvalue weighted by atomic mass is 35.5. The molecule has 1 aliphatic carbocycles. The van der Waals surface area contributed by atoms with Crippen LogP contribution in [0.1, 0.15) is 60.7 Å². The molecule has 1 saturated carbocycles. The van der Waals surface area contributed by atoms with Gasteiger partial charge < -0.3 is 14.6 Å². The van der Waals surface area contributed by atoms with Crippen LogP contribution in [-0.4, -0.2) is 33.1 Å². The molecule has 0 spiro atoms. The maximum Gasteiger partial charge on any atom is 0.306 e. The molecule has 0 amide bonds. The number of methoxy groups -OCH3 is 1. The maximum absolute atomic E-state index is 11.7. The number of aromatic nitrogens is 3. The molecule has 3 atom stereocenters. The van der Waals surface area contributed by atoms with Crippen molar-refractivity contribution in [2.24, 2.45) is 11.8 Å². The Bertz CT molecular complexity index is 1280. The standard InChI is InChI=1S/C27H28ClN3O4/c1-14(27(32)33)25(17-5-6-17)18-7-4-16-8-9-22(35-23(16)10-18)26-15(2)31-21(13-30-26)19-11-24(34-3)29-12-20(19)28/h4,7,10-14,17,22,25H,5-6,8-9H2,1-3H3,(H,32,33)/t14?,22-,25?/m1/s1. The Morgan fingerprint density at radius 3 is 2.69 bits per heavy atom. The topological polar surface area (TPSA) is 94.4 Å². The molecule has 8 heteroatoms. The van der Waals surface area contributed by atoms with E-state index in [9.17, 15) is 9.90 Å². The van der Waals surface area contributed by atoms with Crippen molar-refractivity contribution in [3.8, 4) is 22.9 Å². The lowest BCUT2D eigenvalue weighted by Crippen LogP contribution is -2.22. The molecule has 2 unspecified atom stereocenters. The van der Waals surface area contributed by atoms with Crippen LogP contribution in [0.4, 0.5) is 0 Å². The monoisotopic (exact) mass is 493 g/mol. The predicted octanol–water partition coefficient (Wildman–Crippen LogP) is 5.79. The number of pyridine rings is 1. The minimum absolute atomic E-state index is 0.00434. The molecule has 2 aromatic heterocycles. The number of aryl methyl sites for hydroxylation is 2. The number of rotatable bonds is 7. The van der Waals surface area contributed by atoms with Gasteiger partial charge in [0.05, 0.1) is 41.8 Å². The van der Waals surface area contributed by atoms with E-state index in [0.717, 1.165) is 53.9 Å². The van der Waals surface area contributed by atoms with E-state index < -0.39 is 11.9 Å². The average Bonchev–Trinajstić information content (AvgIpc) is 3.69. The van der Waals surface area contributed by atoms with Crippen LogP contribution in [0, 0.1) is 18.8 Å². The number of carboxylic acid groups (broad SMARTS) is 1. The number of carboxylic acids is 1. The van der Waals surface area contributed by atoms with Crippen LogP contribution in [0.15, 0.2) is 36.7 Å². The number of hydrogen-bond acceptors (Lipinski definition) is 6. The number of aliphatic carboxylic acids is 1. The SMILES string of the molecule is COc1cc(-c2cnc([C@H]3CCc4ccc(C(C5CC5)C(C)C(=O)O)cc4O3)c(C)n2)c(Cl)cn1. The molecule has 0 saturated heterocycles. The van der Waals surface area contributed by atoms with Crippen LogP contribution < -0.4 is 9.47 Å². The summed E-state index contributed by atoms with van der Waals surface area (Å²) >= 11 is 6.35. The second-order valence-electron chi connectivity index (χ2n) is 9.43. The van der Waals surface area contributed by atoms with Gasteiger partial charge in [0.15, 0.2) is 0 Å². The summed E-state index contributed by atoms with van der Waals surface area (Å²) in [6, 6.07) is 7.96. The summed E-state index contributed by atoms with van der Waals surface area (Å²) in [5.41, 5.74) is 5.10. The van der Waals surface area contributed by atoms with Crippen molar-refractivity contribution < 1.29 is 19.4 Å². The molecule has 1 fully saturated rings. The Hall–Kier alpha value is -3.19. The molecule has 182 valence electrons. The zero-order valence-electron chi connectivity index (χ0n) is 20.0. The Kier molecular flexibility index (Phi) is 6.36. The first-order valence-electron chi connectivity index (χ1n) is 11.9. The van der Waals surface area contributed by atoms with Gasteiger partial charge in [0.2, 0.25) is 5.88 Å². The number of hydrogen-bond donors (Lipinski definition) is 1. The fourth-order valence-corrected chi connectivity index (χ4v) is 5.23. The second-order valence-corrected chi connectivity index (χ2v) is 9.84. The summed E-state index contributed by atoms with van der Waals surface area (Å²) in [7, 11) is 1.55. The van der Waals surface area contributed by atoms with E-state index >= 15 is 0 Å². The van der Waals surface area contributed by atoms with Crippen LogP contribution in [0.5, 0.6) is 11.6 Å². The Balaban J connectivity index is 1.41. The highest BCUT2D eigenvalue weighted by Gasteiger charge is 2.39. The molecule has 1 N–H and O–H groups in total. The third-order valence-electron chi connectivity index (χ3n) is 7.08. The fraction of sp³-hybridized carbons (Fsp3) is 0.407. The van der Waals surface area contributed by atoms with Gasteiger partial charge in [-0.1, -0.05) is 30.7 Å². The second kappa shape index (κ2) is 9.46. The quantitative estimate of drug-likeness (QED) is 0.445. The van der Waals surface area contributed by atoms with Gasteiger partial charge in [0.25, 0.3) is 0 Å². The van der Waals surface area contributed by atoms with E-state index in [2.05, 4.69) is 17.1 Å². The van der Waals surface area contributed by atoms with Gasteiger partial charge in [-0.3, -0.25) is 9.78 Å². The lowest BCUT2D eigenvalue weighted by atomic mass is 9.82. The van der Waals surface area contributed by atoms with Gasteiger partial charge in [-0.2, -0.15) is 0 Å². The number of carbonyl (C=O) groups is 1. The lowest BCUT2D eigenvalue weighted by Gasteiger charge is -2.28. The van der Waals surface area contributed by atoms with E-state index in [0.29, 0.717) is 28.1 Å². The van der Waals surface area contributed by atoms with Gasteiger partial charge in [-0.15, -0.1) is 0 Å². The van der Waals surface area contributed by atoms with Crippen molar-refractivity contribution in [2.75, 3.05) is 7.11 Å². The van der Waals surface area contributed by atoms with Crippen molar-refractivity contribution >= 4 is 17.6 Å². The number of halogens is 1. The van der Waals surface area contributed by atoms with Crippen LogP contribution in [0.3, 0.4) is 0 Å². The van der Waals surface area contributed by atoms with Crippen molar-refractivity contribution in [2.45, 2.75) is 51.6 Å².